The minimum Gasteiger partial charge on any atom is -0.507 e. The summed E-state index contributed by atoms with van der Waals surface area (Å²) in [5.74, 6) is -0.0327. The normalized spacial score (nSPS) is 8.88. The maximum absolute atomic E-state index is 9.45. The fourth-order valence-corrected chi connectivity index (χ4v) is 1.44. The van der Waals surface area contributed by atoms with Gasteiger partial charge >= 0.3 is 29.6 Å². The quantitative estimate of drug-likeness (QED) is 0.593. The fraction of sp³-hybridized carbons (Fsp3) is 0. The van der Waals surface area contributed by atoms with Crippen LogP contribution < -0.4 is 29.6 Å². The molecule has 0 amide bonds. The molecule has 0 spiro atoms. The average molecular weight is 217 g/mol. The number of phenols is 1. The maximum Gasteiger partial charge on any atom is 1.00 e. The van der Waals surface area contributed by atoms with Crippen LogP contribution in [0.1, 0.15) is 11.1 Å². The van der Waals surface area contributed by atoms with E-state index in [0.29, 0.717) is 5.56 Å². The van der Waals surface area contributed by atoms with Gasteiger partial charge in [-0.15, -0.1) is 0 Å². The van der Waals surface area contributed by atoms with Crippen LogP contribution in [-0.4, -0.2) is 5.11 Å². The van der Waals surface area contributed by atoms with Gasteiger partial charge in [0.15, 0.2) is 0 Å². The number of aromatic hydroxyl groups is 1. The summed E-state index contributed by atoms with van der Waals surface area (Å²) in [6, 6.07) is 12.1. The average Bonchev–Trinajstić information content (AvgIpc) is 2.27. The maximum atomic E-state index is 9.45. The molecule has 0 unspecified atom stereocenters. The number of benzene rings is 2. The summed E-state index contributed by atoms with van der Waals surface area (Å²) in [6.45, 7) is 0. The first kappa shape index (κ1) is 12.5. The van der Waals surface area contributed by atoms with Crippen LogP contribution in [-0.2, 0) is 0 Å². The van der Waals surface area contributed by atoms with E-state index in [1.165, 1.54) is 6.07 Å². The van der Waals surface area contributed by atoms with Crippen LogP contribution in [0.4, 0.5) is 0 Å². The van der Waals surface area contributed by atoms with Crippen LogP contribution in [0.3, 0.4) is 0 Å². The van der Waals surface area contributed by atoms with Crippen molar-refractivity contribution in [1.29, 1.82) is 10.5 Å². The molecule has 0 radical (unpaired) electrons. The summed E-state index contributed by atoms with van der Waals surface area (Å²) in [5, 5.41) is 28.5. The molecule has 0 aromatic heterocycles. The number of phenolic OH excluding ortho intramolecular Hbond substituents is 1. The third-order valence-electron chi connectivity index (χ3n) is 2.20. The first-order valence-electron chi connectivity index (χ1n) is 4.31. The molecule has 0 aliphatic rings. The Morgan fingerprint density at radius 2 is 1.69 bits per heavy atom. The zero-order chi connectivity index (χ0) is 10.8. The van der Waals surface area contributed by atoms with E-state index in [-0.39, 0.29) is 40.9 Å². The molecule has 0 heterocycles. The first-order chi connectivity index (χ1) is 7.24. The van der Waals surface area contributed by atoms with Crippen LogP contribution in [0.25, 0.3) is 10.8 Å². The van der Waals surface area contributed by atoms with Crippen molar-refractivity contribution in [1.82, 2.24) is 0 Å². The van der Waals surface area contributed by atoms with Gasteiger partial charge in [-0.1, -0.05) is 6.07 Å². The van der Waals surface area contributed by atoms with Crippen molar-refractivity contribution < 1.29 is 34.7 Å². The molecule has 16 heavy (non-hydrogen) atoms. The topological polar surface area (TPSA) is 67.8 Å². The van der Waals surface area contributed by atoms with Crippen molar-refractivity contribution in [3.05, 3.63) is 41.5 Å². The Bertz CT molecular complexity index is 623. The second-order valence-electron chi connectivity index (χ2n) is 3.15. The molecule has 1 N–H and O–H groups in total. The molecule has 0 bridgehead atoms. The van der Waals surface area contributed by atoms with Crippen molar-refractivity contribution >= 4 is 10.8 Å². The van der Waals surface area contributed by atoms with Gasteiger partial charge in [-0.2, -0.15) is 10.5 Å². The summed E-state index contributed by atoms with van der Waals surface area (Å²) >= 11 is 0. The van der Waals surface area contributed by atoms with Crippen LogP contribution >= 0.6 is 0 Å². The second-order valence-corrected chi connectivity index (χ2v) is 3.15. The van der Waals surface area contributed by atoms with Crippen LogP contribution in [0.5, 0.6) is 5.75 Å². The van der Waals surface area contributed by atoms with E-state index in [9.17, 15) is 5.11 Å². The minimum absolute atomic E-state index is 0. The number of nitrogens with zero attached hydrogens (tertiary/aromatic N) is 2. The molecule has 4 heteroatoms. The molecule has 2 aromatic carbocycles. The van der Waals surface area contributed by atoms with E-state index in [4.69, 9.17) is 10.5 Å². The third kappa shape index (κ3) is 2.18. The summed E-state index contributed by atoms with van der Waals surface area (Å²) in [7, 11) is 0. The Morgan fingerprint density at radius 3 is 2.31 bits per heavy atom. The van der Waals surface area contributed by atoms with E-state index < -0.39 is 0 Å². The van der Waals surface area contributed by atoms with Gasteiger partial charge < -0.3 is 5.11 Å². The molecule has 0 saturated heterocycles. The van der Waals surface area contributed by atoms with Gasteiger partial charge in [0, 0.05) is 0 Å². The number of fused-ring (bicyclic) bond motifs is 1. The van der Waals surface area contributed by atoms with E-state index >= 15 is 0 Å². The van der Waals surface area contributed by atoms with E-state index in [2.05, 4.69) is 0 Å². The predicted octanol–water partition coefficient (Wildman–Crippen LogP) is -0.707. The molecule has 0 atom stereocenters. The molecule has 0 fully saturated rings. The summed E-state index contributed by atoms with van der Waals surface area (Å²) < 4.78 is 0. The van der Waals surface area contributed by atoms with Gasteiger partial charge in [0.1, 0.15) is 11.8 Å². The van der Waals surface area contributed by atoms with Crippen molar-refractivity contribution in [3.63, 3.8) is 0 Å². The van der Waals surface area contributed by atoms with Crippen LogP contribution in [0.2, 0.25) is 0 Å². The Hall–Kier alpha value is -1.52. The molecule has 0 aliphatic heterocycles. The van der Waals surface area contributed by atoms with E-state index in [1.807, 2.05) is 12.1 Å². The molecule has 70 valence electrons. The largest absolute Gasteiger partial charge is 1.00 e. The molecule has 3 nitrogen and oxygen atoms in total. The Labute approximate surface area is 115 Å². The minimum atomic E-state index is -0.0327. The van der Waals surface area contributed by atoms with Gasteiger partial charge in [-0.25, -0.2) is 0 Å². The van der Waals surface area contributed by atoms with Gasteiger partial charge in [-0.3, -0.25) is 0 Å². The summed E-state index contributed by atoms with van der Waals surface area (Å²) in [4.78, 5) is 0. The van der Waals surface area contributed by atoms with Crippen molar-refractivity contribution in [2.45, 2.75) is 0 Å². The van der Waals surface area contributed by atoms with E-state index in [1.54, 1.807) is 24.3 Å². The van der Waals surface area contributed by atoms with Gasteiger partial charge in [0.05, 0.1) is 17.2 Å². The number of hydrogen-bond donors (Lipinski definition) is 1. The fourth-order valence-electron chi connectivity index (χ4n) is 1.44. The zero-order valence-corrected chi connectivity index (χ0v) is 10.7. The van der Waals surface area contributed by atoms with Crippen LogP contribution in [0.15, 0.2) is 30.3 Å². The monoisotopic (exact) mass is 217 g/mol. The van der Waals surface area contributed by atoms with Gasteiger partial charge in [0.2, 0.25) is 0 Å². The van der Waals surface area contributed by atoms with Gasteiger partial charge in [0.25, 0.3) is 0 Å². The van der Waals surface area contributed by atoms with Crippen molar-refractivity contribution in [3.8, 4) is 17.9 Å². The zero-order valence-electron chi connectivity index (χ0n) is 8.73. The number of hydrogen-bond acceptors (Lipinski definition) is 3. The third-order valence-corrected chi connectivity index (χ3v) is 2.20. The van der Waals surface area contributed by atoms with Gasteiger partial charge in [-0.05, 0) is 35.0 Å². The number of rotatable bonds is 0. The Kier molecular flexibility index (Phi) is 3.93. The molecule has 0 saturated carbocycles. The number of nitriles is 2. The first-order valence-corrected chi connectivity index (χ1v) is 4.31. The van der Waals surface area contributed by atoms with Crippen molar-refractivity contribution in [2.75, 3.05) is 0 Å². The predicted molar refractivity (Wildman–Crippen MR) is 55.0 cm³/mol. The summed E-state index contributed by atoms with van der Waals surface area (Å²) in [6.07, 6.45) is 0. The standard InChI is InChI=1S/C12H6N2O.Na/c13-6-8-1-2-9-5-12(15)11(7-14)4-10(9)3-8;/h1-5,15H;/q;+1. The van der Waals surface area contributed by atoms with Crippen LogP contribution in [0, 0.1) is 22.7 Å². The van der Waals surface area contributed by atoms with E-state index in [0.717, 1.165) is 10.8 Å². The molecule has 2 aromatic rings. The Balaban J connectivity index is 0.00000128. The Morgan fingerprint density at radius 1 is 0.938 bits per heavy atom. The molecular formula is C12H6N2NaO+. The molecule has 2 rings (SSSR count). The molecular weight excluding hydrogens is 211 g/mol. The summed E-state index contributed by atoms with van der Waals surface area (Å²) in [5.41, 5.74) is 0.759. The molecule has 0 aliphatic carbocycles. The second kappa shape index (κ2) is 5.01. The van der Waals surface area contributed by atoms with Crippen molar-refractivity contribution in [2.24, 2.45) is 0 Å². The smallest absolute Gasteiger partial charge is 0.507 e. The SMILES string of the molecule is N#Cc1ccc2cc(O)c(C#N)cc2c1.[Na+].